The molecule has 3 heteroatoms. The van der Waals surface area contributed by atoms with Gasteiger partial charge in [-0.3, -0.25) is 4.79 Å². The first-order valence-electron chi connectivity index (χ1n) is 8.81. The van der Waals surface area contributed by atoms with Crippen molar-refractivity contribution in [1.29, 1.82) is 0 Å². The average Bonchev–Trinajstić information content (AvgIpc) is 2.90. The van der Waals surface area contributed by atoms with Gasteiger partial charge in [-0.1, -0.05) is 17.7 Å². The summed E-state index contributed by atoms with van der Waals surface area (Å²) >= 11 is 0. The molecule has 0 N–H and O–H groups in total. The van der Waals surface area contributed by atoms with Gasteiger partial charge in [0.15, 0.2) is 0 Å². The normalized spacial score (nSPS) is 30.5. The maximum absolute atomic E-state index is 11.4. The zero-order valence-corrected chi connectivity index (χ0v) is 14.6. The predicted octanol–water partition coefficient (Wildman–Crippen LogP) is 4.53. The van der Waals surface area contributed by atoms with Crippen LogP contribution in [0.25, 0.3) is 0 Å². The van der Waals surface area contributed by atoms with Crippen molar-refractivity contribution in [3.8, 4) is 5.75 Å². The van der Waals surface area contributed by atoms with Gasteiger partial charge in [-0.25, -0.2) is 0 Å². The van der Waals surface area contributed by atoms with E-state index in [-0.39, 0.29) is 11.4 Å². The van der Waals surface area contributed by atoms with E-state index in [4.69, 9.17) is 9.47 Å². The lowest BCUT2D eigenvalue weighted by Crippen LogP contribution is -2.36. The molecule has 0 bridgehead atoms. The largest absolute Gasteiger partial charge is 0.497 e. The van der Waals surface area contributed by atoms with E-state index < -0.39 is 0 Å². The molecule has 0 radical (unpaired) electrons. The van der Waals surface area contributed by atoms with E-state index >= 15 is 0 Å². The number of fused-ring (bicyclic) bond motifs is 5. The highest BCUT2D eigenvalue weighted by Crippen LogP contribution is 2.59. The van der Waals surface area contributed by atoms with E-state index in [2.05, 4.69) is 31.2 Å². The number of ether oxygens (including phenoxy) is 2. The second-order valence-electron chi connectivity index (χ2n) is 7.43. The molecule has 1 fully saturated rings. The Labute approximate surface area is 143 Å². The van der Waals surface area contributed by atoms with Crippen LogP contribution in [0.1, 0.15) is 50.2 Å². The Morgan fingerprint density at radius 2 is 2.04 bits per heavy atom. The first-order valence-corrected chi connectivity index (χ1v) is 8.81. The van der Waals surface area contributed by atoms with E-state index in [1.807, 2.05) is 6.08 Å². The number of esters is 1. The quantitative estimate of drug-likeness (QED) is 0.750. The van der Waals surface area contributed by atoms with Crippen LogP contribution >= 0.6 is 0 Å². The molecule has 1 aromatic rings. The summed E-state index contributed by atoms with van der Waals surface area (Å²) in [5.41, 5.74) is 4.27. The molecule has 24 heavy (non-hydrogen) atoms. The summed E-state index contributed by atoms with van der Waals surface area (Å²) in [6, 6.07) is 6.54. The van der Waals surface area contributed by atoms with Crippen LogP contribution in [0.2, 0.25) is 0 Å². The number of methoxy groups -OCH3 is 1. The van der Waals surface area contributed by atoms with Crippen molar-refractivity contribution in [1.82, 2.24) is 0 Å². The topological polar surface area (TPSA) is 35.5 Å². The van der Waals surface area contributed by atoms with Crippen LogP contribution in [0, 0.1) is 11.3 Å². The Bertz CT molecular complexity index is 758. The average molecular weight is 324 g/mol. The molecule has 4 rings (SSSR count). The zero-order valence-electron chi connectivity index (χ0n) is 14.6. The number of rotatable bonds is 2. The van der Waals surface area contributed by atoms with Crippen molar-refractivity contribution in [2.45, 2.75) is 45.4 Å². The number of aryl methyl sites for hydroxylation is 1. The summed E-state index contributed by atoms with van der Waals surface area (Å²) in [6.07, 6.45) is 8.64. The number of benzene rings is 1. The fourth-order valence-electron chi connectivity index (χ4n) is 4.97. The van der Waals surface area contributed by atoms with Gasteiger partial charge in [-0.2, -0.15) is 0 Å². The summed E-state index contributed by atoms with van der Waals surface area (Å²) in [7, 11) is 1.73. The molecule has 3 nitrogen and oxygen atoms in total. The summed E-state index contributed by atoms with van der Waals surface area (Å²) < 4.78 is 10.9. The Morgan fingerprint density at radius 3 is 2.79 bits per heavy atom. The number of hydrogen-bond acceptors (Lipinski definition) is 3. The minimum absolute atomic E-state index is 0.100. The third-order valence-corrected chi connectivity index (χ3v) is 6.16. The van der Waals surface area contributed by atoms with Crippen LogP contribution in [0.4, 0.5) is 0 Å². The maximum atomic E-state index is 11.4. The van der Waals surface area contributed by atoms with E-state index in [9.17, 15) is 4.79 Å². The predicted molar refractivity (Wildman–Crippen MR) is 92.8 cm³/mol. The van der Waals surface area contributed by atoms with Crippen molar-refractivity contribution in [3.05, 3.63) is 52.8 Å². The third-order valence-electron chi connectivity index (χ3n) is 6.16. The summed E-state index contributed by atoms with van der Waals surface area (Å²) in [4.78, 5) is 11.4. The van der Waals surface area contributed by atoms with Gasteiger partial charge in [-0.15, -0.1) is 0 Å². The van der Waals surface area contributed by atoms with E-state index in [0.29, 0.717) is 11.8 Å². The van der Waals surface area contributed by atoms with Crippen molar-refractivity contribution < 1.29 is 14.3 Å². The first kappa shape index (κ1) is 15.5. The fraction of sp³-hybridized carbons (Fsp3) is 0.476. The van der Waals surface area contributed by atoms with Crippen molar-refractivity contribution >= 4 is 5.97 Å². The highest BCUT2D eigenvalue weighted by Gasteiger charge is 2.49. The van der Waals surface area contributed by atoms with Gasteiger partial charge < -0.3 is 9.47 Å². The van der Waals surface area contributed by atoms with Crippen LogP contribution in [0.5, 0.6) is 5.75 Å². The number of allylic oxidation sites excluding steroid dienone is 3. The SMILES string of the molecule is COc1ccc2c(c1)CC[C@H]1C3=CC=C(OC(C)=O)[C@@]3(C)CC[C@H]21. The number of carbonyl (C=O) groups excluding carboxylic acids is 1. The van der Waals surface area contributed by atoms with Gasteiger partial charge in [0.1, 0.15) is 11.5 Å². The molecular weight excluding hydrogens is 300 g/mol. The Balaban J connectivity index is 1.65. The zero-order chi connectivity index (χ0) is 16.9. The monoisotopic (exact) mass is 324 g/mol. The number of carbonyl (C=O) groups is 1. The van der Waals surface area contributed by atoms with Gasteiger partial charge in [-0.05, 0) is 73.8 Å². The Kier molecular flexibility index (Phi) is 3.56. The van der Waals surface area contributed by atoms with Crippen LogP contribution in [0.15, 0.2) is 41.7 Å². The third kappa shape index (κ3) is 2.21. The molecular formula is C21H24O3. The lowest BCUT2D eigenvalue weighted by Gasteiger charge is -2.46. The van der Waals surface area contributed by atoms with Gasteiger partial charge >= 0.3 is 5.97 Å². The number of hydrogen-bond donors (Lipinski definition) is 0. The van der Waals surface area contributed by atoms with Crippen LogP contribution < -0.4 is 4.74 Å². The molecule has 126 valence electrons. The molecule has 0 unspecified atom stereocenters. The molecule has 0 aromatic heterocycles. The highest BCUT2D eigenvalue weighted by molar-refractivity contribution is 5.68. The molecule has 1 aromatic carbocycles. The van der Waals surface area contributed by atoms with E-state index in [0.717, 1.165) is 37.2 Å². The molecule has 1 saturated carbocycles. The second-order valence-corrected chi connectivity index (χ2v) is 7.43. The summed E-state index contributed by atoms with van der Waals surface area (Å²) in [5, 5.41) is 0. The lowest BCUT2D eigenvalue weighted by molar-refractivity contribution is -0.138. The van der Waals surface area contributed by atoms with Crippen molar-refractivity contribution in [2.75, 3.05) is 7.11 Å². The van der Waals surface area contributed by atoms with Crippen LogP contribution in [0.3, 0.4) is 0 Å². The molecule has 0 aliphatic heterocycles. The lowest BCUT2D eigenvalue weighted by atomic mass is 9.58. The van der Waals surface area contributed by atoms with Gasteiger partial charge in [0.2, 0.25) is 0 Å². The Hall–Kier alpha value is -2.03. The second kappa shape index (κ2) is 5.51. The Morgan fingerprint density at radius 1 is 1.21 bits per heavy atom. The molecule has 0 heterocycles. The highest BCUT2D eigenvalue weighted by atomic mass is 16.5. The molecule has 3 aliphatic carbocycles. The van der Waals surface area contributed by atoms with Gasteiger partial charge in [0.25, 0.3) is 0 Å². The van der Waals surface area contributed by atoms with Crippen molar-refractivity contribution in [2.24, 2.45) is 11.3 Å². The molecule has 0 saturated heterocycles. The maximum Gasteiger partial charge on any atom is 0.307 e. The van der Waals surface area contributed by atoms with Crippen LogP contribution in [-0.4, -0.2) is 13.1 Å². The van der Waals surface area contributed by atoms with Crippen LogP contribution in [-0.2, 0) is 16.0 Å². The van der Waals surface area contributed by atoms with E-state index in [1.54, 1.807) is 7.11 Å². The van der Waals surface area contributed by atoms with Crippen molar-refractivity contribution in [3.63, 3.8) is 0 Å². The standard InChI is InChI=1S/C21H24O3/c1-13(22)24-20-9-8-19-18-6-4-14-12-15(23-3)5-7-16(14)17(18)10-11-21(19,20)2/h5,7-9,12,17-18H,4,6,10-11H2,1-3H3/t17-,18-,21+/m1/s1. The minimum Gasteiger partial charge on any atom is -0.497 e. The summed E-state index contributed by atoms with van der Waals surface area (Å²) in [5.74, 6) is 2.69. The molecule has 0 amide bonds. The van der Waals surface area contributed by atoms with Gasteiger partial charge in [0.05, 0.1) is 7.11 Å². The van der Waals surface area contributed by atoms with E-state index in [1.165, 1.54) is 23.6 Å². The van der Waals surface area contributed by atoms with Gasteiger partial charge in [0, 0.05) is 12.3 Å². The fourth-order valence-corrected chi connectivity index (χ4v) is 4.97. The first-order chi connectivity index (χ1) is 11.5. The smallest absolute Gasteiger partial charge is 0.307 e. The molecule has 0 spiro atoms. The molecule has 3 aliphatic rings. The molecule has 3 atom stereocenters. The minimum atomic E-state index is -0.222. The summed E-state index contributed by atoms with van der Waals surface area (Å²) in [6.45, 7) is 3.72.